The van der Waals surface area contributed by atoms with Gasteiger partial charge in [0, 0.05) is 16.0 Å². The van der Waals surface area contributed by atoms with Crippen molar-refractivity contribution < 1.29 is 0 Å². The lowest BCUT2D eigenvalue weighted by molar-refractivity contribution is 0.726. The first-order chi connectivity index (χ1) is 12.4. The third-order valence-corrected chi connectivity index (χ3v) is 6.33. The van der Waals surface area contributed by atoms with E-state index in [-0.39, 0.29) is 12.1 Å². The van der Waals surface area contributed by atoms with E-state index in [1.807, 2.05) is 24.4 Å². The predicted molar refractivity (Wildman–Crippen MR) is 106 cm³/mol. The van der Waals surface area contributed by atoms with Gasteiger partial charge in [0.2, 0.25) is 0 Å². The lowest BCUT2D eigenvalue weighted by Gasteiger charge is -2.26. The summed E-state index contributed by atoms with van der Waals surface area (Å²) in [7, 11) is 0. The Balaban J connectivity index is 1.60. The average molecular weight is 361 g/mol. The van der Waals surface area contributed by atoms with Crippen LogP contribution in [0.1, 0.15) is 15.4 Å². The fourth-order valence-corrected chi connectivity index (χ4v) is 4.93. The van der Waals surface area contributed by atoms with Gasteiger partial charge in [0.1, 0.15) is 17.6 Å². The molecule has 0 bridgehead atoms. The van der Waals surface area contributed by atoms with Gasteiger partial charge in [0.05, 0.1) is 6.04 Å². The fourth-order valence-electron chi connectivity index (χ4n) is 3.35. The molecule has 1 aliphatic heterocycles. The molecule has 0 radical (unpaired) electrons. The second kappa shape index (κ2) is 6.10. The summed E-state index contributed by atoms with van der Waals surface area (Å²) in [6.45, 7) is 0. The van der Waals surface area contributed by atoms with E-state index in [9.17, 15) is 0 Å². The number of nitrogens with zero attached hydrogens (tertiary/aromatic N) is 2. The largest absolute Gasteiger partial charge is 0.359 e. The third-order valence-electron chi connectivity index (χ3n) is 4.49. The standard InChI is InChI=1S/C20H15N3S2/c1-2-10-21-15(5-1)20-22-18-13(16-6-3-11-24-16)8-9-14(19(18)23-20)17-7-4-12-25-17/h1-12,18-19H,(H,22,23). The molecule has 0 fully saturated rings. The summed E-state index contributed by atoms with van der Waals surface area (Å²) in [5, 5.41) is 7.87. The molecule has 0 aromatic carbocycles. The van der Waals surface area contributed by atoms with Crippen LogP contribution >= 0.6 is 22.7 Å². The molecular weight excluding hydrogens is 346 g/mol. The highest BCUT2D eigenvalue weighted by Crippen LogP contribution is 2.39. The number of nitrogens with one attached hydrogen (secondary N) is 1. The van der Waals surface area contributed by atoms with Crippen molar-refractivity contribution in [3.05, 3.63) is 87.0 Å². The van der Waals surface area contributed by atoms with Crippen LogP contribution in [0.5, 0.6) is 0 Å². The summed E-state index contributed by atoms with van der Waals surface area (Å²) in [5.41, 5.74) is 3.47. The van der Waals surface area contributed by atoms with Crippen molar-refractivity contribution in [2.45, 2.75) is 12.1 Å². The Morgan fingerprint density at radius 2 is 1.60 bits per heavy atom. The van der Waals surface area contributed by atoms with Gasteiger partial charge in [-0.15, -0.1) is 22.7 Å². The van der Waals surface area contributed by atoms with Gasteiger partial charge in [0.15, 0.2) is 0 Å². The van der Waals surface area contributed by atoms with Crippen LogP contribution in [-0.2, 0) is 0 Å². The Labute approximate surface area is 154 Å². The number of aliphatic imine (C=N–C) groups is 1. The van der Waals surface area contributed by atoms with Crippen LogP contribution in [0.4, 0.5) is 0 Å². The van der Waals surface area contributed by atoms with Crippen molar-refractivity contribution in [3.8, 4) is 0 Å². The van der Waals surface area contributed by atoms with E-state index >= 15 is 0 Å². The molecule has 5 rings (SSSR count). The second-order valence-corrected chi connectivity index (χ2v) is 7.85. The summed E-state index contributed by atoms with van der Waals surface area (Å²) in [6, 6.07) is 14.7. The summed E-state index contributed by atoms with van der Waals surface area (Å²) in [4.78, 5) is 12.1. The maximum atomic E-state index is 5.02. The van der Waals surface area contributed by atoms with Crippen LogP contribution in [0.2, 0.25) is 0 Å². The molecule has 2 atom stereocenters. The molecule has 3 aromatic heterocycles. The highest BCUT2D eigenvalue weighted by atomic mass is 32.1. The minimum atomic E-state index is 0.0813. The lowest BCUT2D eigenvalue weighted by Crippen LogP contribution is -2.37. The molecule has 3 nitrogen and oxygen atoms in total. The Bertz CT molecular complexity index is 967. The summed E-state index contributed by atoms with van der Waals surface area (Å²) in [5.74, 6) is 0.877. The number of aromatic nitrogens is 1. The van der Waals surface area contributed by atoms with E-state index in [1.165, 1.54) is 20.9 Å². The summed E-state index contributed by atoms with van der Waals surface area (Å²) >= 11 is 3.54. The van der Waals surface area contributed by atoms with Crippen molar-refractivity contribution in [1.82, 2.24) is 10.3 Å². The number of thiophene rings is 2. The molecule has 4 heterocycles. The van der Waals surface area contributed by atoms with Crippen molar-refractivity contribution in [2.24, 2.45) is 4.99 Å². The molecule has 0 saturated heterocycles. The van der Waals surface area contributed by atoms with Crippen LogP contribution < -0.4 is 5.32 Å². The maximum absolute atomic E-state index is 5.02. The highest BCUT2D eigenvalue weighted by Gasteiger charge is 2.38. The van der Waals surface area contributed by atoms with E-state index in [4.69, 9.17) is 4.99 Å². The fraction of sp³-hybridized carbons (Fsp3) is 0.100. The molecular formula is C20H15N3S2. The van der Waals surface area contributed by atoms with Crippen LogP contribution in [-0.4, -0.2) is 22.9 Å². The molecule has 0 spiro atoms. The zero-order valence-corrected chi connectivity index (χ0v) is 14.9. The molecule has 1 aliphatic carbocycles. The van der Waals surface area contributed by atoms with E-state index in [1.54, 1.807) is 22.7 Å². The smallest absolute Gasteiger partial charge is 0.148 e. The Morgan fingerprint density at radius 3 is 2.28 bits per heavy atom. The first kappa shape index (κ1) is 14.8. The topological polar surface area (TPSA) is 37.3 Å². The molecule has 1 N–H and O–H groups in total. The van der Waals surface area contributed by atoms with Gasteiger partial charge >= 0.3 is 0 Å². The number of pyridine rings is 1. The number of hydrogen-bond acceptors (Lipinski definition) is 5. The highest BCUT2D eigenvalue weighted by molar-refractivity contribution is 7.11. The minimum Gasteiger partial charge on any atom is -0.359 e. The number of rotatable bonds is 3. The van der Waals surface area contributed by atoms with E-state index in [0.717, 1.165) is 11.5 Å². The molecule has 2 aliphatic rings. The van der Waals surface area contributed by atoms with Crippen LogP contribution in [0.25, 0.3) is 11.1 Å². The van der Waals surface area contributed by atoms with Gasteiger partial charge < -0.3 is 5.32 Å². The van der Waals surface area contributed by atoms with Gasteiger partial charge in [-0.1, -0.05) is 30.4 Å². The van der Waals surface area contributed by atoms with Gasteiger partial charge in [-0.2, -0.15) is 0 Å². The molecule has 0 amide bonds. The molecule has 122 valence electrons. The molecule has 2 unspecified atom stereocenters. The Kier molecular flexibility index (Phi) is 3.61. The molecule has 3 aromatic rings. The summed E-state index contributed by atoms with van der Waals surface area (Å²) in [6.07, 6.45) is 6.29. The van der Waals surface area contributed by atoms with E-state index < -0.39 is 0 Å². The monoisotopic (exact) mass is 361 g/mol. The number of amidine groups is 1. The third kappa shape index (κ3) is 2.56. The zero-order chi connectivity index (χ0) is 16.6. The average Bonchev–Trinajstić information content (AvgIpc) is 3.42. The van der Waals surface area contributed by atoms with Crippen LogP contribution in [0, 0.1) is 0 Å². The molecule has 25 heavy (non-hydrogen) atoms. The summed E-state index contributed by atoms with van der Waals surface area (Å²) < 4.78 is 0. The number of fused-ring (bicyclic) bond motifs is 1. The normalized spacial score (nSPS) is 21.8. The van der Waals surface area contributed by atoms with Crippen LogP contribution in [0.15, 0.2) is 76.6 Å². The second-order valence-electron chi connectivity index (χ2n) is 5.96. The van der Waals surface area contributed by atoms with Gasteiger partial charge in [-0.3, -0.25) is 9.98 Å². The van der Waals surface area contributed by atoms with E-state index in [0.29, 0.717) is 0 Å². The van der Waals surface area contributed by atoms with Gasteiger partial charge in [-0.05, 0) is 46.2 Å². The number of allylic oxidation sites excluding steroid dienone is 2. The van der Waals surface area contributed by atoms with Crippen molar-refractivity contribution in [1.29, 1.82) is 0 Å². The van der Waals surface area contributed by atoms with Gasteiger partial charge in [0.25, 0.3) is 0 Å². The zero-order valence-electron chi connectivity index (χ0n) is 13.3. The quantitative estimate of drug-likeness (QED) is 0.747. The minimum absolute atomic E-state index is 0.0813. The van der Waals surface area contributed by atoms with E-state index in [2.05, 4.69) is 57.5 Å². The predicted octanol–water partition coefficient (Wildman–Crippen LogP) is 4.47. The van der Waals surface area contributed by atoms with Gasteiger partial charge in [-0.25, -0.2) is 0 Å². The molecule has 5 heteroatoms. The maximum Gasteiger partial charge on any atom is 0.148 e. The Morgan fingerprint density at radius 1 is 0.840 bits per heavy atom. The Hall–Kier alpha value is -2.50. The SMILES string of the molecule is C1=C(c2cccs2)C2N=C(c3ccccn3)NC2C(c2cccs2)=C1. The van der Waals surface area contributed by atoms with Crippen molar-refractivity contribution in [2.75, 3.05) is 0 Å². The van der Waals surface area contributed by atoms with Crippen molar-refractivity contribution >= 4 is 39.7 Å². The van der Waals surface area contributed by atoms with Crippen LogP contribution in [0.3, 0.4) is 0 Å². The lowest BCUT2D eigenvalue weighted by atomic mass is 9.88. The number of hydrogen-bond donors (Lipinski definition) is 1. The first-order valence-corrected chi connectivity index (χ1v) is 9.91. The first-order valence-electron chi connectivity index (χ1n) is 8.15. The molecule has 0 saturated carbocycles. The van der Waals surface area contributed by atoms with Crippen molar-refractivity contribution in [3.63, 3.8) is 0 Å².